The fourth-order valence-corrected chi connectivity index (χ4v) is 1.35. The average Bonchev–Trinajstić information content (AvgIpc) is 2.35. The third-order valence-electron chi connectivity index (χ3n) is 2.26. The van der Waals surface area contributed by atoms with Gasteiger partial charge in [-0.15, -0.1) is 0 Å². The van der Waals surface area contributed by atoms with Gasteiger partial charge in [0.25, 0.3) is 5.91 Å². The van der Waals surface area contributed by atoms with Crippen molar-refractivity contribution in [2.45, 2.75) is 18.0 Å². The van der Waals surface area contributed by atoms with Gasteiger partial charge in [-0.2, -0.15) is 30.7 Å². The van der Waals surface area contributed by atoms with Crippen LogP contribution in [0.15, 0.2) is 18.3 Å². The van der Waals surface area contributed by atoms with Crippen molar-refractivity contribution in [3.05, 3.63) is 29.0 Å². The molecular formula is C10H6ClF7N2O. The molecule has 0 aromatic carbocycles. The van der Waals surface area contributed by atoms with Crippen LogP contribution in [0.1, 0.15) is 10.5 Å². The monoisotopic (exact) mass is 338 g/mol. The van der Waals surface area contributed by atoms with Crippen molar-refractivity contribution >= 4 is 17.5 Å². The van der Waals surface area contributed by atoms with Crippen LogP contribution in [0, 0.1) is 0 Å². The molecular weight excluding hydrogens is 333 g/mol. The average molecular weight is 339 g/mol. The summed E-state index contributed by atoms with van der Waals surface area (Å²) >= 11 is 5.49. The van der Waals surface area contributed by atoms with E-state index in [0.717, 1.165) is 12.3 Å². The molecule has 0 saturated carbocycles. The highest BCUT2D eigenvalue weighted by molar-refractivity contribution is 6.33. The zero-order chi connectivity index (χ0) is 16.5. The first-order valence-electron chi connectivity index (χ1n) is 5.11. The van der Waals surface area contributed by atoms with Crippen LogP contribution in [-0.2, 0) is 0 Å². The number of carbonyl (C=O) groups is 1. The van der Waals surface area contributed by atoms with Gasteiger partial charge in [0, 0.05) is 6.20 Å². The van der Waals surface area contributed by atoms with Gasteiger partial charge in [-0.1, -0.05) is 11.6 Å². The predicted octanol–water partition coefficient (Wildman–Crippen LogP) is 3.30. The number of nitrogens with one attached hydrogen (secondary N) is 1. The van der Waals surface area contributed by atoms with E-state index in [1.165, 1.54) is 11.4 Å². The molecule has 118 valence electrons. The number of aromatic nitrogens is 1. The quantitative estimate of drug-likeness (QED) is 0.856. The van der Waals surface area contributed by atoms with E-state index in [2.05, 4.69) is 4.98 Å². The van der Waals surface area contributed by atoms with Crippen LogP contribution in [0.3, 0.4) is 0 Å². The van der Waals surface area contributed by atoms with Crippen LogP contribution in [0.5, 0.6) is 0 Å². The van der Waals surface area contributed by atoms with E-state index in [1.807, 2.05) is 0 Å². The molecule has 3 nitrogen and oxygen atoms in total. The summed E-state index contributed by atoms with van der Waals surface area (Å²) in [5.74, 6) is -13.2. The van der Waals surface area contributed by atoms with Crippen LogP contribution in [0.2, 0.25) is 5.02 Å². The third kappa shape index (κ3) is 3.55. The lowest BCUT2D eigenvalue weighted by atomic mass is 10.1. The first kappa shape index (κ1) is 17.5. The molecule has 0 unspecified atom stereocenters. The Morgan fingerprint density at radius 2 is 1.76 bits per heavy atom. The second-order valence-corrected chi connectivity index (χ2v) is 4.20. The summed E-state index contributed by atoms with van der Waals surface area (Å²) in [6.45, 7) is -2.23. The number of alkyl halides is 7. The molecule has 1 aromatic rings. The van der Waals surface area contributed by atoms with E-state index in [0.29, 0.717) is 0 Å². The summed E-state index contributed by atoms with van der Waals surface area (Å²) in [4.78, 5) is 14.8. The molecule has 0 saturated heterocycles. The SMILES string of the molecule is O=C(NCC(F)(F)C(F)(F)C(F)(F)F)c1ncccc1Cl. The highest BCUT2D eigenvalue weighted by Crippen LogP contribution is 2.46. The number of nitrogens with zero attached hydrogens (tertiary/aromatic N) is 1. The predicted molar refractivity (Wildman–Crippen MR) is 57.5 cm³/mol. The van der Waals surface area contributed by atoms with E-state index >= 15 is 0 Å². The number of carbonyl (C=O) groups excluding carboxylic acids is 1. The molecule has 0 aliphatic carbocycles. The molecule has 1 heterocycles. The van der Waals surface area contributed by atoms with Crippen LogP contribution in [-0.4, -0.2) is 35.5 Å². The van der Waals surface area contributed by atoms with Crippen LogP contribution in [0.25, 0.3) is 0 Å². The van der Waals surface area contributed by atoms with Crippen molar-refractivity contribution in [1.82, 2.24) is 10.3 Å². The molecule has 11 heteroatoms. The Hall–Kier alpha value is -1.58. The Balaban J connectivity index is 2.83. The molecule has 1 N–H and O–H groups in total. The maximum absolute atomic E-state index is 12.9. The lowest BCUT2D eigenvalue weighted by Crippen LogP contribution is -2.56. The fourth-order valence-electron chi connectivity index (χ4n) is 1.15. The van der Waals surface area contributed by atoms with Gasteiger partial charge in [-0.05, 0) is 12.1 Å². The Kier molecular flexibility index (Phi) is 4.71. The number of rotatable bonds is 4. The minimum Gasteiger partial charge on any atom is -0.344 e. The maximum atomic E-state index is 12.9. The molecule has 21 heavy (non-hydrogen) atoms. The van der Waals surface area contributed by atoms with Crippen molar-refractivity contribution in [3.63, 3.8) is 0 Å². The topological polar surface area (TPSA) is 42.0 Å². The highest BCUT2D eigenvalue weighted by atomic mass is 35.5. The number of pyridine rings is 1. The van der Waals surface area contributed by atoms with Crippen LogP contribution in [0.4, 0.5) is 30.7 Å². The van der Waals surface area contributed by atoms with Gasteiger partial charge < -0.3 is 5.32 Å². The second kappa shape index (κ2) is 5.66. The Morgan fingerprint density at radius 1 is 1.19 bits per heavy atom. The number of hydrogen-bond donors (Lipinski definition) is 1. The molecule has 1 rings (SSSR count). The summed E-state index contributed by atoms with van der Waals surface area (Å²) in [5.41, 5.74) is -0.578. The molecule has 0 radical (unpaired) electrons. The van der Waals surface area contributed by atoms with Gasteiger partial charge in [0.05, 0.1) is 11.6 Å². The van der Waals surface area contributed by atoms with E-state index < -0.39 is 36.2 Å². The van der Waals surface area contributed by atoms with Gasteiger partial charge in [-0.25, -0.2) is 4.98 Å². The van der Waals surface area contributed by atoms with Crippen LogP contribution >= 0.6 is 11.6 Å². The summed E-state index contributed by atoms with van der Waals surface area (Å²) in [5, 5.41) is 0.965. The van der Waals surface area contributed by atoms with Crippen molar-refractivity contribution in [1.29, 1.82) is 0 Å². The largest absolute Gasteiger partial charge is 0.459 e. The smallest absolute Gasteiger partial charge is 0.344 e. The highest BCUT2D eigenvalue weighted by Gasteiger charge is 2.72. The minimum atomic E-state index is -6.45. The maximum Gasteiger partial charge on any atom is 0.459 e. The molecule has 0 atom stereocenters. The fraction of sp³-hybridized carbons (Fsp3) is 0.400. The summed E-state index contributed by atoms with van der Waals surface area (Å²) < 4.78 is 86.6. The molecule has 1 amide bonds. The Bertz CT molecular complexity index is 532. The summed E-state index contributed by atoms with van der Waals surface area (Å²) in [6, 6.07) is 2.46. The number of amides is 1. The van der Waals surface area contributed by atoms with Crippen molar-refractivity contribution < 1.29 is 35.5 Å². The number of hydrogen-bond acceptors (Lipinski definition) is 2. The lowest BCUT2D eigenvalue weighted by Gasteiger charge is -2.28. The van der Waals surface area contributed by atoms with Gasteiger partial charge >= 0.3 is 18.0 Å². The number of halogens is 8. The van der Waals surface area contributed by atoms with Crippen molar-refractivity contribution in [2.75, 3.05) is 6.54 Å². The molecule has 1 aromatic heterocycles. The zero-order valence-corrected chi connectivity index (χ0v) is 10.6. The molecule has 0 aliphatic heterocycles. The molecule has 0 fully saturated rings. The van der Waals surface area contributed by atoms with E-state index in [9.17, 15) is 35.5 Å². The van der Waals surface area contributed by atoms with Crippen molar-refractivity contribution in [3.8, 4) is 0 Å². The Morgan fingerprint density at radius 3 is 2.24 bits per heavy atom. The molecule has 0 aliphatic rings. The van der Waals surface area contributed by atoms with Gasteiger partial charge in [-0.3, -0.25) is 4.79 Å². The van der Waals surface area contributed by atoms with Crippen molar-refractivity contribution in [2.24, 2.45) is 0 Å². The zero-order valence-electron chi connectivity index (χ0n) is 9.82. The van der Waals surface area contributed by atoms with Crippen LogP contribution < -0.4 is 5.32 Å². The van der Waals surface area contributed by atoms with Gasteiger partial charge in [0.15, 0.2) is 0 Å². The first-order chi connectivity index (χ1) is 9.40. The minimum absolute atomic E-state index is 0.277. The summed E-state index contributed by atoms with van der Waals surface area (Å²) in [6.07, 6.45) is -5.40. The first-order valence-corrected chi connectivity index (χ1v) is 5.49. The molecule has 0 bridgehead atoms. The van der Waals surface area contributed by atoms with E-state index in [4.69, 9.17) is 11.6 Å². The van der Waals surface area contributed by atoms with E-state index in [1.54, 1.807) is 0 Å². The van der Waals surface area contributed by atoms with E-state index in [-0.39, 0.29) is 5.02 Å². The van der Waals surface area contributed by atoms with Gasteiger partial charge in [0.2, 0.25) is 0 Å². The molecule has 0 spiro atoms. The lowest BCUT2D eigenvalue weighted by molar-refractivity contribution is -0.352. The normalized spacial score (nSPS) is 13.1. The third-order valence-corrected chi connectivity index (χ3v) is 2.56. The second-order valence-electron chi connectivity index (χ2n) is 3.79. The van der Waals surface area contributed by atoms with Gasteiger partial charge in [0.1, 0.15) is 5.69 Å². The summed E-state index contributed by atoms with van der Waals surface area (Å²) in [7, 11) is 0. The Labute approximate surface area is 118 Å². The standard InChI is InChI=1S/C10H6ClF7N2O/c11-5-2-1-3-19-6(5)7(21)20-4-8(12,13)9(14,15)10(16,17)18/h1-3H,4H2,(H,20,21).